The van der Waals surface area contributed by atoms with Crippen molar-refractivity contribution in [1.29, 1.82) is 5.26 Å². The standard InChI is InChI=1S/C52H63ClN8O6S/c1-31(2)44(48(65)60-29-39(62)26-42(60)47(64)58-32(3)34-12-14-35(15-13-34)45-33(4)56-30-68-45)61-43(22-24-57-61)66-25-11-9-10-23-55-38-19-16-36(17-20-38)46(63)59-49-51(5,6)50(52(49,7)8)67-40-21-18-37(28-54)41(53)27-40/h12-22,24,27,30-32,39,42,44,49-50,55,62H,9-11,23,25-26,29H2,1-8H3,(H,58,64)(H,59,63)/t32?,39-,42+,44+,49-,50-/m1/s1. The predicted molar refractivity (Wildman–Crippen MR) is 265 cm³/mol. The maximum atomic E-state index is 14.3. The number of likely N-dealkylation sites (tertiary alicyclic amines) is 1. The van der Waals surface area contributed by atoms with Crippen LogP contribution in [0.4, 0.5) is 5.69 Å². The Balaban J connectivity index is 0.846. The summed E-state index contributed by atoms with van der Waals surface area (Å²) in [5, 5.41) is 34.6. The van der Waals surface area contributed by atoms with Crippen molar-refractivity contribution in [2.45, 2.75) is 117 Å². The average molecular weight is 964 g/mol. The molecule has 14 nitrogen and oxygen atoms in total. The van der Waals surface area contributed by atoms with Crippen LogP contribution in [0.1, 0.15) is 113 Å². The van der Waals surface area contributed by atoms with Gasteiger partial charge in [0.15, 0.2) is 0 Å². The second-order valence-electron chi connectivity index (χ2n) is 19.5. The number of hydrogen-bond acceptors (Lipinski definition) is 11. The number of amides is 3. The molecule has 2 fully saturated rings. The monoisotopic (exact) mass is 962 g/mol. The van der Waals surface area contributed by atoms with Crippen molar-refractivity contribution < 1.29 is 29.0 Å². The summed E-state index contributed by atoms with van der Waals surface area (Å²) in [5.41, 5.74) is 5.93. The van der Waals surface area contributed by atoms with Crippen LogP contribution < -0.4 is 25.4 Å². The quantitative estimate of drug-likeness (QED) is 0.0583. The maximum absolute atomic E-state index is 14.3. The van der Waals surface area contributed by atoms with Crippen molar-refractivity contribution in [3.8, 4) is 28.1 Å². The van der Waals surface area contributed by atoms with Crippen LogP contribution in [-0.4, -0.2) is 86.5 Å². The van der Waals surface area contributed by atoms with Crippen molar-refractivity contribution in [1.82, 2.24) is 30.3 Å². The van der Waals surface area contributed by atoms with E-state index in [1.807, 2.05) is 81.7 Å². The average Bonchev–Trinajstić information content (AvgIpc) is 4.06. The number of halogens is 1. The predicted octanol–water partition coefficient (Wildman–Crippen LogP) is 9.15. The van der Waals surface area contributed by atoms with Crippen LogP contribution in [-0.2, 0) is 9.59 Å². The van der Waals surface area contributed by atoms with Gasteiger partial charge in [-0.15, -0.1) is 11.3 Å². The summed E-state index contributed by atoms with van der Waals surface area (Å²) in [4.78, 5) is 48.4. The Morgan fingerprint density at radius 1 is 0.985 bits per heavy atom. The molecule has 4 atom stereocenters. The molecule has 2 aliphatic rings. The molecular formula is C52H63ClN8O6S. The second kappa shape index (κ2) is 21.1. The number of nitrogens with zero attached hydrogens (tertiary/aromatic N) is 5. The minimum atomic E-state index is -0.831. The molecule has 2 aromatic heterocycles. The summed E-state index contributed by atoms with van der Waals surface area (Å²) in [6.45, 7) is 17.3. The van der Waals surface area contributed by atoms with Crippen LogP contribution in [0.15, 0.2) is 84.5 Å². The van der Waals surface area contributed by atoms with E-state index in [-0.39, 0.29) is 65.6 Å². The zero-order valence-electron chi connectivity index (χ0n) is 40.1. The molecule has 0 spiro atoms. The van der Waals surface area contributed by atoms with Crippen molar-refractivity contribution in [2.24, 2.45) is 16.7 Å². The van der Waals surface area contributed by atoms with Gasteiger partial charge in [0.25, 0.3) is 5.91 Å². The van der Waals surface area contributed by atoms with Crippen LogP contribution in [0.3, 0.4) is 0 Å². The zero-order chi connectivity index (χ0) is 48.9. The van der Waals surface area contributed by atoms with Crippen LogP contribution in [0.5, 0.6) is 11.6 Å². The lowest BCUT2D eigenvalue weighted by molar-refractivity contribution is -0.164. The van der Waals surface area contributed by atoms with Crippen molar-refractivity contribution in [2.75, 3.05) is 25.0 Å². The molecule has 1 unspecified atom stereocenters. The molecule has 0 bridgehead atoms. The van der Waals surface area contributed by atoms with E-state index in [9.17, 15) is 24.8 Å². The zero-order valence-corrected chi connectivity index (χ0v) is 41.7. The van der Waals surface area contributed by atoms with Gasteiger partial charge in [-0.2, -0.15) is 10.4 Å². The summed E-state index contributed by atoms with van der Waals surface area (Å²) in [6.07, 6.45) is 3.29. The third-order valence-corrected chi connectivity index (χ3v) is 14.7. The van der Waals surface area contributed by atoms with Gasteiger partial charge in [0.2, 0.25) is 17.7 Å². The number of benzene rings is 3. The maximum Gasteiger partial charge on any atom is 0.251 e. The Bertz CT molecular complexity index is 2590. The summed E-state index contributed by atoms with van der Waals surface area (Å²) in [5.74, 6) is 0.115. The fraction of sp³-hybridized carbons (Fsp3) is 0.462. The molecule has 4 N–H and O–H groups in total. The number of anilines is 1. The summed E-state index contributed by atoms with van der Waals surface area (Å²) in [6, 6.07) is 22.3. The SMILES string of the molecule is Cc1ncsc1-c1ccc(C(C)NC(=O)[C@@H]2C[C@@H](O)CN2C(=O)[C@H](C(C)C)n2nccc2OCCCCCNc2ccc(C(=O)N[C@H]3C(C)(C)[C@H](Oc4ccc(C#N)c(Cl)c4)C3(C)C)cc2)cc1. The lowest BCUT2D eigenvalue weighted by Crippen LogP contribution is -2.74. The van der Waals surface area contributed by atoms with Gasteiger partial charge in [-0.25, -0.2) is 9.67 Å². The fourth-order valence-corrected chi connectivity index (χ4v) is 11.1. The number of β-amino-alcohol motifs (C(OH)–C–C–N with tert-alkyl or cyclic N) is 1. The van der Waals surface area contributed by atoms with Gasteiger partial charge in [0.05, 0.1) is 51.6 Å². The molecular weight excluding hydrogens is 900 g/mol. The highest BCUT2D eigenvalue weighted by atomic mass is 35.5. The Morgan fingerprint density at radius 2 is 1.71 bits per heavy atom. The largest absolute Gasteiger partial charge is 0.489 e. The third kappa shape index (κ3) is 10.8. The van der Waals surface area contributed by atoms with E-state index in [1.165, 1.54) is 4.90 Å². The summed E-state index contributed by atoms with van der Waals surface area (Å²) < 4.78 is 14.2. The highest BCUT2D eigenvalue weighted by molar-refractivity contribution is 7.13. The molecule has 5 aromatic rings. The van der Waals surface area contributed by atoms with E-state index >= 15 is 0 Å². The molecule has 3 heterocycles. The Morgan fingerprint density at radius 3 is 2.35 bits per heavy atom. The number of aromatic nitrogens is 3. The second-order valence-corrected chi connectivity index (χ2v) is 20.8. The highest BCUT2D eigenvalue weighted by Gasteiger charge is 2.64. The number of nitrogens with one attached hydrogen (secondary N) is 3. The van der Waals surface area contributed by atoms with Crippen molar-refractivity contribution in [3.05, 3.63) is 112 Å². The van der Waals surface area contributed by atoms with E-state index in [4.69, 9.17) is 21.1 Å². The minimum Gasteiger partial charge on any atom is -0.489 e. The van der Waals surface area contributed by atoms with Crippen molar-refractivity contribution >= 4 is 46.3 Å². The third-order valence-electron chi connectivity index (χ3n) is 13.4. The number of unbranched alkanes of at least 4 members (excludes halogenated alkanes) is 2. The van der Waals surface area contributed by atoms with E-state index in [1.54, 1.807) is 46.5 Å². The number of carbonyl (C=O) groups is 3. The first-order valence-electron chi connectivity index (χ1n) is 23.4. The number of ether oxygens (including phenoxy) is 2. The number of thiazole rings is 1. The molecule has 360 valence electrons. The van der Waals surface area contributed by atoms with Gasteiger partial charge in [-0.05, 0) is 86.6 Å². The topological polar surface area (TPSA) is 184 Å². The molecule has 1 saturated carbocycles. The van der Waals surface area contributed by atoms with Gasteiger partial charge < -0.3 is 35.4 Å². The molecule has 7 rings (SSSR count). The number of aliphatic hydroxyl groups is 1. The summed E-state index contributed by atoms with van der Waals surface area (Å²) >= 11 is 7.84. The molecule has 68 heavy (non-hydrogen) atoms. The number of aliphatic hydroxyl groups excluding tert-OH is 1. The molecule has 1 saturated heterocycles. The minimum absolute atomic E-state index is 0.0525. The van der Waals surface area contributed by atoms with Crippen LogP contribution in [0, 0.1) is 35.0 Å². The molecule has 3 amide bonds. The number of hydrogen-bond donors (Lipinski definition) is 4. The number of aryl methyl sites for hydroxylation is 1. The van der Waals surface area contributed by atoms with Crippen molar-refractivity contribution in [3.63, 3.8) is 0 Å². The van der Waals surface area contributed by atoms with E-state index in [0.29, 0.717) is 34.4 Å². The lowest BCUT2D eigenvalue weighted by Gasteiger charge is -2.63. The molecule has 0 radical (unpaired) electrons. The lowest BCUT2D eigenvalue weighted by atomic mass is 9.49. The van der Waals surface area contributed by atoms with Gasteiger partial charge >= 0.3 is 0 Å². The molecule has 16 heteroatoms. The van der Waals surface area contributed by atoms with Crippen LogP contribution in [0.2, 0.25) is 5.02 Å². The summed E-state index contributed by atoms with van der Waals surface area (Å²) in [7, 11) is 0. The smallest absolute Gasteiger partial charge is 0.251 e. The number of carbonyl (C=O) groups excluding carboxylic acids is 3. The fourth-order valence-electron chi connectivity index (χ4n) is 10.0. The van der Waals surface area contributed by atoms with E-state index in [0.717, 1.165) is 53.2 Å². The van der Waals surface area contributed by atoms with Gasteiger partial charge in [-0.3, -0.25) is 14.4 Å². The van der Waals surface area contributed by atoms with Gasteiger partial charge in [-0.1, -0.05) is 77.4 Å². The van der Waals surface area contributed by atoms with Crippen LogP contribution in [0.25, 0.3) is 10.4 Å². The highest BCUT2D eigenvalue weighted by Crippen LogP contribution is 2.55. The van der Waals surface area contributed by atoms with E-state index < -0.39 is 18.2 Å². The Hall–Kier alpha value is -5.95. The Kier molecular flexibility index (Phi) is 15.5. The van der Waals surface area contributed by atoms with E-state index in [2.05, 4.69) is 59.8 Å². The van der Waals surface area contributed by atoms with Gasteiger partial charge in [0.1, 0.15) is 30.0 Å². The van der Waals surface area contributed by atoms with Crippen LogP contribution >= 0.6 is 22.9 Å². The molecule has 1 aliphatic carbocycles. The molecule has 1 aliphatic heterocycles. The Labute approximate surface area is 408 Å². The first-order chi connectivity index (χ1) is 32.4. The number of rotatable bonds is 19. The first kappa shape index (κ1) is 49.9. The molecule has 3 aromatic carbocycles. The number of nitriles is 1. The normalized spacial score (nSPS) is 20.2. The van der Waals surface area contributed by atoms with Gasteiger partial charge in [0, 0.05) is 59.8 Å². The first-order valence-corrected chi connectivity index (χ1v) is 24.6.